The maximum absolute atomic E-state index is 12.8. The predicted molar refractivity (Wildman–Crippen MR) is 118 cm³/mol. The average Bonchev–Trinajstić information content (AvgIpc) is 2.79. The van der Waals surface area contributed by atoms with Crippen molar-refractivity contribution in [1.82, 2.24) is 14.9 Å². The van der Waals surface area contributed by atoms with Crippen LogP contribution in [0.1, 0.15) is 22.8 Å². The van der Waals surface area contributed by atoms with Gasteiger partial charge in [-0.15, -0.1) is 0 Å². The zero-order chi connectivity index (χ0) is 20.9. The molecule has 6 heteroatoms. The van der Waals surface area contributed by atoms with Gasteiger partial charge in [0.25, 0.3) is 5.91 Å². The summed E-state index contributed by atoms with van der Waals surface area (Å²) in [6.07, 6.45) is 1.60. The third-order valence-electron chi connectivity index (χ3n) is 5.27. The number of ether oxygens (including phenoxy) is 1. The van der Waals surface area contributed by atoms with E-state index in [2.05, 4.69) is 14.9 Å². The SMILES string of the molecule is CCOc1ccc(-c2cc(N3CCN(C(=O)c4cccc(C)c4)CC3)ncn2)cc1. The lowest BCUT2D eigenvalue weighted by Gasteiger charge is -2.35. The van der Waals surface area contributed by atoms with Crippen molar-refractivity contribution < 1.29 is 9.53 Å². The number of benzene rings is 2. The van der Waals surface area contributed by atoms with Crippen LogP contribution >= 0.6 is 0 Å². The van der Waals surface area contributed by atoms with Crippen LogP contribution in [0.15, 0.2) is 60.9 Å². The maximum atomic E-state index is 12.8. The first-order valence-corrected chi connectivity index (χ1v) is 10.3. The molecule has 30 heavy (non-hydrogen) atoms. The summed E-state index contributed by atoms with van der Waals surface area (Å²) in [5.74, 6) is 1.83. The number of aryl methyl sites for hydroxylation is 1. The van der Waals surface area contributed by atoms with E-state index in [1.165, 1.54) is 0 Å². The van der Waals surface area contributed by atoms with E-state index >= 15 is 0 Å². The molecule has 154 valence electrons. The quantitative estimate of drug-likeness (QED) is 0.649. The second kappa shape index (κ2) is 8.95. The molecule has 1 aliphatic heterocycles. The van der Waals surface area contributed by atoms with E-state index in [0.29, 0.717) is 19.7 Å². The summed E-state index contributed by atoms with van der Waals surface area (Å²) in [7, 11) is 0. The number of carbonyl (C=O) groups excluding carboxylic acids is 1. The molecule has 0 saturated carbocycles. The average molecular weight is 402 g/mol. The number of aromatic nitrogens is 2. The molecule has 0 atom stereocenters. The van der Waals surface area contributed by atoms with Gasteiger partial charge < -0.3 is 14.5 Å². The fraction of sp³-hybridized carbons (Fsp3) is 0.292. The van der Waals surface area contributed by atoms with Crippen LogP contribution in [0.25, 0.3) is 11.3 Å². The number of rotatable bonds is 5. The van der Waals surface area contributed by atoms with Gasteiger partial charge in [-0.25, -0.2) is 9.97 Å². The smallest absolute Gasteiger partial charge is 0.253 e. The summed E-state index contributed by atoms with van der Waals surface area (Å²) in [6.45, 7) is 7.47. The molecule has 4 rings (SSSR count). The van der Waals surface area contributed by atoms with Crippen molar-refractivity contribution in [2.24, 2.45) is 0 Å². The van der Waals surface area contributed by atoms with Crippen molar-refractivity contribution in [2.45, 2.75) is 13.8 Å². The number of hydrogen-bond acceptors (Lipinski definition) is 5. The third-order valence-corrected chi connectivity index (χ3v) is 5.27. The molecule has 1 saturated heterocycles. The van der Waals surface area contributed by atoms with Crippen molar-refractivity contribution in [3.05, 3.63) is 72.1 Å². The number of piperazine rings is 1. The molecule has 0 aliphatic carbocycles. The highest BCUT2D eigenvalue weighted by molar-refractivity contribution is 5.94. The number of nitrogens with zero attached hydrogens (tertiary/aromatic N) is 4. The zero-order valence-corrected chi connectivity index (χ0v) is 17.4. The van der Waals surface area contributed by atoms with Crippen LogP contribution in [-0.4, -0.2) is 53.6 Å². The van der Waals surface area contributed by atoms with Crippen LogP contribution in [0.4, 0.5) is 5.82 Å². The van der Waals surface area contributed by atoms with Crippen LogP contribution in [0.3, 0.4) is 0 Å². The van der Waals surface area contributed by atoms with E-state index in [9.17, 15) is 4.79 Å². The van der Waals surface area contributed by atoms with E-state index < -0.39 is 0 Å². The van der Waals surface area contributed by atoms with Crippen molar-refractivity contribution >= 4 is 11.7 Å². The monoisotopic (exact) mass is 402 g/mol. The minimum Gasteiger partial charge on any atom is -0.494 e. The lowest BCUT2D eigenvalue weighted by atomic mass is 10.1. The van der Waals surface area contributed by atoms with Gasteiger partial charge >= 0.3 is 0 Å². The molecule has 6 nitrogen and oxygen atoms in total. The number of amides is 1. The molecule has 3 aromatic rings. The topological polar surface area (TPSA) is 58.6 Å². The molecule has 0 spiro atoms. The third kappa shape index (κ3) is 4.43. The highest BCUT2D eigenvalue weighted by Gasteiger charge is 2.23. The molecule has 0 N–H and O–H groups in total. The first-order valence-electron chi connectivity index (χ1n) is 10.3. The van der Waals surface area contributed by atoms with Gasteiger partial charge in [0, 0.05) is 43.4 Å². The summed E-state index contributed by atoms with van der Waals surface area (Å²) in [5, 5.41) is 0. The molecular formula is C24H26N4O2. The number of anilines is 1. The van der Waals surface area contributed by atoms with Gasteiger partial charge in [0.15, 0.2) is 0 Å². The van der Waals surface area contributed by atoms with Crippen LogP contribution in [0.5, 0.6) is 5.75 Å². The molecule has 2 heterocycles. The Bertz CT molecular complexity index is 1010. The second-order valence-electron chi connectivity index (χ2n) is 7.37. The van der Waals surface area contributed by atoms with Crippen LogP contribution in [0, 0.1) is 6.92 Å². The Hall–Kier alpha value is -3.41. The van der Waals surface area contributed by atoms with Gasteiger partial charge in [0.2, 0.25) is 0 Å². The molecule has 0 unspecified atom stereocenters. The van der Waals surface area contributed by atoms with Crippen molar-refractivity contribution in [3.63, 3.8) is 0 Å². The molecule has 2 aromatic carbocycles. The normalized spacial score (nSPS) is 13.9. The van der Waals surface area contributed by atoms with E-state index in [1.807, 2.05) is 73.3 Å². The first kappa shape index (κ1) is 19.9. The van der Waals surface area contributed by atoms with Gasteiger partial charge in [0.05, 0.1) is 12.3 Å². The van der Waals surface area contributed by atoms with Crippen LogP contribution in [-0.2, 0) is 0 Å². The van der Waals surface area contributed by atoms with Crippen molar-refractivity contribution in [1.29, 1.82) is 0 Å². The standard InChI is InChI=1S/C24H26N4O2/c1-3-30-21-9-7-19(8-10-21)22-16-23(26-17-25-22)27-11-13-28(14-12-27)24(29)20-6-4-5-18(2)15-20/h4-10,15-17H,3,11-14H2,1-2H3. The highest BCUT2D eigenvalue weighted by atomic mass is 16.5. The van der Waals surface area contributed by atoms with E-state index in [0.717, 1.165) is 47.0 Å². The summed E-state index contributed by atoms with van der Waals surface area (Å²) in [4.78, 5) is 25.8. The summed E-state index contributed by atoms with van der Waals surface area (Å²) >= 11 is 0. The fourth-order valence-electron chi connectivity index (χ4n) is 3.67. The Balaban J connectivity index is 1.42. The molecular weight excluding hydrogens is 376 g/mol. The summed E-state index contributed by atoms with van der Waals surface area (Å²) < 4.78 is 5.51. The molecule has 1 aliphatic rings. The lowest BCUT2D eigenvalue weighted by Crippen LogP contribution is -2.49. The molecule has 1 aromatic heterocycles. The lowest BCUT2D eigenvalue weighted by molar-refractivity contribution is 0.0746. The Morgan fingerprint density at radius 2 is 1.77 bits per heavy atom. The Labute approximate surface area is 177 Å². The summed E-state index contributed by atoms with van der Waals surface area (Å²) in [5.41, 5.74) is 3.75. The molecule has 0 bridgehead atoms. The number of carbonyl (C=O) groups is 1. The van der Waals surface area contributed by atoms with Gasteiger partial charge in [-0.3, -0.25) is 4.79 Å². The maximum Gasteiger partial charge on any atom is 0.253 e. The minimum absolute atomic E-state index is 0.0936. The fourth-order valence-corrected chi connectivity index (χ4v) is 3.67. The summed E-state index contributed by atoms with van der Waals surface area (Å²) in [6, 6.07) is 17.7. The Morgan fingerprint density at radius 1 is 1.00 bits per heavy atom. The van der Waals surface area contributed by atoms with Crippen molar-refractivity contribution in [2.75, 3.05) is 37.7 Å². The van der Waals surface area contributed by atoms with E-state index in [1.54, 1.807) is 6.33 Å². The molecule has 1 amide bonds. The second-order valence-corrected chi connectivity index (χ2v) is 7.37. The van der Waals surface area contributed by atoms with Gasteiger partial charge in [-0.2, -0.15) is 0 Å². The van der Waals surface area contributed by atoms with Gasteiger partial charge in [-0.05, 0) is 50.2 Å². The van der Waals surface area contributed by atoms with Crippen molar-refractivity contribution in [3.8, 4) is 17.0 Å². The highest BCUT2D eigenvalue weighted by Crippen LogP contribution is 2.24. The minimum atomic E-state index is 0.0936. The Morgan fingerprint density at radius 3 is 2.47 bits per heavy atom. The Kier molecular flexibility index (Phi) is 5.93. The van der Waals surface area contributed by atoms with E-state index in [-0.39, 0.29) is 5.91 Å². The first-order chi connectivity index (χ1) is 14.6. The zero-order valence-electron chi connectivity index (χ0n) is 17.4. The van der Waals surface area contributed by atoms with E-state index in [4.69, 9.17) is 4.74 Å². The van der Waals surface area contributed by atoms with Gasteiger partial charge in [0.1, 0.15) is 17.9 Å². The van der Waals surface area contributed by atoms with Gasteiger partial charge in [-0.1, -0.05) is 17.7 Å². The largest absolute Gasteiger partial charge is 0.494 e. The molecule has 1 fully saturated rings. The van der Waals surface area contributed by atoms with Crippen LogP contribution in [0.2, 0.25) is 0 Å². The molecule has 0 radical (unpaired) electrons. The number of hydrogen-bond donors (Lipinski definition) is 0. The van der Waals surface area contributed by atoms with Crippen LogP contribution < -0.4 is 9.64 Å². The predicted octanol–water partition coefficient (Wildman–Crippen LogP) is 3.81.